The summed E-state index contributed by atoms with van der Waals surface area (Å²) in [4.78, 5) is 36.3. The zero-order valence-electron chi connectivity index (χ0n) is 20.0. The highest BCUT2D eigenvalue weighted by Crippen LogP contribution is 2.69. The molecule has 4 saturated carbocycles. The zero-order valence-corrected chi connectivity index (χ0v) is 20.0. The maximum atomic E-state index is 12.7. The Labute approximate surface area is 190 Å². The summed E-state index contributed by atoms with van der Waals surface area (Å²) in [6.45, 7) is 7.09. The summed E-state index contributed by atoms with van der Waals surface area (Å²) >= 11 is 0. The molecule has 0 aromatic carbocycles. The van der Waals surface area contributed by atoms with Gasteiger partial charge < -0.3 is 19.3 Å². The predicted octanol–water partition coefficient (Wildman–Crippen LogP) is 3.41. The largest absolute Gasteiger partial charge is 0.469 e. The van der Waals surface area contributed by atoms with Crippen molar-refractivity contribution >= 4 is 17.9 Å². The Bertz CT molecular complexity index is 795. The van der Waals surface area contributed by atoms with E-state index in [0.29, 0.717) is 25.2 Å². The van der Waals surface area contributed by atoms with Crippen LogP contribution in [0.25, 0.3) is 0 Å². The molecule has 0 amide bonds. The monoisotopic (exact) mass is 450 g/mol. The van der Waals surface area contributed by atoms with Crippen LogP contribution in [0.4, 0.5) is 0 Å². The summed E-state index contributed by atoms with van der Waals surface area (Å²) in [7, 11) is 1.38. The van der Waals surface area contributed by atoms with Gasteiger partial charge in [-0.3, -0.25) is 14.4 Å². The lowest BCUT2D eigenvalue weighted by Gasteiger charge is -2.64. The second kappa shape index (κ2) is 8.00. The van der Waals surface area contributed by atoms with Gasteiger partial charge in [-0.25, -0.2) is 0 Å². The fraction of sp³-hybridized carbons (Fsp3) is 0.880. The molecule has 32 heavy (non-hydrogen) atoms. The van der Waals surface area contributed by atoms with Crippen LogP contribution in [0.15, 0.2) is 0 Å². The molecule has 0 bridgehead atoms. The minimum absolute atomic E-state index is 0.0294. The van der Waals surface area contributed by atoms with E-state index in [1.165, 1.54) is 21.0 Å². The molecule has 0 unspecified atom stereocenters. The number of fused-ring (bicyclic) bond motifs is 5. The number of aliphatic hydroxyl groups is 1. The van der Waals surface area contributed by atoms with Gasteiger partial charge in [0.1, 0.15) is 12.2 Å². The Morgan fingerprint density at radius 1 is 0.875 bits per heavy atom. The first-order chi connectivity index (χ1) is 15.0. The lowest BCUT2D eigenvalue weighted by molar-refractivity contribution is -0.254. The average molecular weight is 451 g/mol. The molecule has 0 heterocycles. The van der Waals surface area contributed by atoms with Crippen LogP contribution < -0.4 is 0 Å². The van der Waals surface area contributed by atoms with Gasteiger partial charge in [0.15, 0.2) is 0 Å². The van der Waals surface area contributed by atoms with Gasteiger partial charge >= 0.3 is 17.9 Å². The van der Waals surface area contributed by atoms with E-state index in [1.54, 1.807) is 0 Å². The molecule has 0 saturated heterocycles. The molecule has 0 aromatic rings. The van der Waals surface area contributed by atoms with Crippen molar-refractivity contribution in [1.82, 2.24) is 0 Å². The molecule has 7 nitrogen and oxygen atoms in total. The smallest absolute Gasteiger partial charge is 0.309 e. The maximum Gasteiger partial charge on any atom is 0.309 e. The summed E-state index contributed by atoms with van der Waals surface area (Å²) in [5.41, 5.74) is -1.99. The number of rotatable bonds is 3. The topological polar surface area (TPSA) is 99.1 Å². The summed E-state index contributed by atoms with van der Waals surface area (Å²) in [6, 6.07) is 0. The first kappa shape index (κ1) is 23.5. The molecule has 4 rings (SSSR count). The standard InChI is InChI=1S/C25H38O7/c1-14(26)31-17-8-10-23(3)16(12-17)6-7-18-20(23)13-21(32-15(2)27)24(4)19(22(28)30-5)9-11-25(18,24)29/h16-21,29H,6-13H2,1-5H3/t16-,17-,18+,19+,20-,21-,23-,24-,25+/m0/s1. The Morgan fingerprint density at radius 3 is 2.19 bits per heavy atom. The second-order valence-electron chi connectivity index (χ2n) is 11.2. The van der Waals surface area contributed by atoms with E-state index in [-0.39, 0.29) is 41.3 Å². The number of hydrogen-bond donors (Lipinski definition) is 1. The van der Waals surface area contributed by atoms with E-state index in [1.807, 2.05) is 6.92 Å². The molecule has 4 aliphatic carbocycles. The second-order valence-corrected chi connectivity index (χ2v) is 11.2. The predicted molar refractivity (Wildman–Crippen MR) is 115 cm³/mol. The third-order valence-corrected chi connectivity index (χ3v) is 9.99. The van der Waals surface area contributed by atoms with Crippen LogP contribution in [0.3, 0.4) is 0 Å². The molecular formula is C25H38O7. The van der Waals surface area contributed by atoms with Crippen molar-refractivity contribution in [2.75, 3.05) is 7.11 Å². The van der Waals surface area contributed by atoms with Crippen molar-refractivity contribution in [1.29, 1.82) is 0 Å². The SMILES string of the molecule is COC(=O)[C@H]1CC[C@@]2(O)[C@@H]3CC[C@H]4C[C@@H](OC(C)=O)CC[C@]4(C)[C@H]3C[C@H](OC(C)=O)[C@]12C. The average Bonchev–Trinajstić information content (AvgIpc) is 3.00. The van der Waals surface area contributed by atoms with Gasteiger partial charge in [-0.2, -0.15) is 0 Å². The highest BCUT2D eigenvalue weighted by Gasteiger charge is 2.72. The van der Waals surface area contributed by atoms with Crippen LogP contribution in [0, 0.1) is 34.5 Å². The minimum Gasteiger partial charge on any atom is -0.469 e. The van der Waals surface area contributed by atoms with Crippen molar-refractivity contribution in [3.8, 4) is 0 Å². The molecule has 0 aromatic heterocycles. The molecule has 180 valence electrons. The molecule has 1 N–H and O–H groups in total. The first-order valence-corrected chi connectivity index (χ1v) is 12.1. The number of esters is 3. The van der Waals surface area contributed by atoms with Gasteiger partial charge in [-0.05, 0) is 74.5 Å². The van der Waals surface area contributed by atoms with E-state index in [9.17, 15) is 19.5 Å². The minimum atomic E-state index is -1.09. The maximum absolute atomic E-state index is 12.7. The molecular weight excluding hydrogens is 412 g/mol. The van der Waals surface area contributed by atoms with Gasteiger partial charge in [0.25, 0.3) is 0 Å². The number of ether oxygens (including phenoxy) is 3. The fourth-order valence-electron chi connectivity index (χ4n) is 8.38. The number of hydrogen-bond acceptors (Lipinski definition) is 7. The quantitative estimate of drug-likeness (QED) is 0.520. The Balaban J connectivity index is 1.69. The normalized spacial score (nSPS) is 47.4. The van der Waals surface area contributed by atoms with Gasteiger partial charge in [0.05, 0.1) is 18.6 Å². The van der Waals surface area contributed by atoms with Crippen LogP contribution in [0.2, 0.25) is 0 Å². The summed E-state index contributed by atoms with van der Waals surface area (Å²) in [5, 5.41) is 12.3. The molecule has 0 aliphatic heterocycles. The first-order valence-electron chi connectivity index (χ1n) is 12.1. The summed E-state index contributed by atoms with van der Waals surface area (Å²) in [5.74, 6) is -0.827. The lowest BCUT2D eigenvalue weighted by atomic mass is 9.42. The Hall–Kier alpha value is -1.63. The molecule has 9 atom stereocenters. The van der Waals surface area contributed by atoms with Gasteiger partial charge in [0.2, 0.25) is 0 Å². The number of methoxy groups -OCH3 is 1. The van der Waals surface area contributed by atoms with Crippen molar-refractivity contribution in [2.45, 2.75) is 96.9 Å². The fourth-order valence-corrected chi connectivity index (χ4v) is 8.38. The van der Waals surface area contributed by atoms with Crippen molar-refractivity contribution < 1.29 is 33.7 Å². The van der Waals surface area contributed by atoms with Crippen molar-refractivity contribution in [3.63, 3.8) is 0 Å². The number of carbonyl (C=O) groups is 3. The van der Waals surface area contributed by atoms with Crippen molar-refractivity contribution in [3.05, 3.63) is 0 Å². The lowest BCUT2D eigenvalue weighted by Crippen LogP contribution is -2.68. The molecule has 0 radical (unpaired) electrons. The van der Waals surface area contributed by atoms with Crippen LogP contribution in [-0.2, 0) is 28.6 Å². The molecule has 4 aliphatic rings. The van der Waals surface area contributed by atoms with E-state index in [2.05, 4.69) is 6.92 Å². The third kappa shape index (κ3) is 3.29. The molecule has 4 fully saturated rings. The van der Waals surface area contributed by atoms with Crippen molar-refractivity contribution in [2.24, 2.45) is 34.5 Å². The van der Waals surface area contributed by atoms with E-state index in [4.69, 9.17) is 14.2 Å². The van der Waals surface area contributed by atoms with Gasteiger partial charge in [-0.15, -0.1) is 0 Å². The van der Waals surface area contributed by atoms with Crippen LogP contribution >= 0.6 is 0 Å². The Morgan fingerprint density at radius 2 is 1.56 bits per heavy atom. The Kier molecular flexibility index (Phi) is 5.88. The summed E-state index contributed by atoms with van der Waals surface area (Å²) < 4.78 is 16.5. The van der Waals surface area contributed by atoms with Crippen LogP contribution in [-0.4, -0.2) is 47.9 Å². The molecule has 0 spiro atoms. The van der Waals surface area contributed by atoms with Gasteiger partial charge in [-0.1, -0.05) is 13.8 Å². The highest BCUT2D eigenvalue weighted by atomic mass is 16.6. The molecule has 7 heteroatoms. The zero-order chi connectivity index (χ0) is 23.5. The van der Waals surface area contributed by atoms with E-state index >= 15 is 0 Å². The third-order valence-electron chi connectivity index (χ3n) is 9.99. The van der Waals surface area contributed by atoms with Gasteiger partial charge in [0, 0.05) is 19.3 Å². The van der Waals surface area contributed by atoms with Crippen LogP contribution in [0.1, 0.15) is 79.1 Å². The van der Waals surface area contributed by atoms with E-state index in [0.717, 1.165) is 32.1 Å². The summed E-state index contributed by atoms with van der Waals surface area (Å²) in [6.07, 6.45) is 5.51. The highest BCUT2D eigenvalue weighted by molar-refractivity contribution is 5.75. The van der Waals surface area contributed by atoms with E-state index < -0.39 is 23.0 Å². The van der Waals surface area contributed by atoms with Crippen LogP contribution in [0.5, 0.6) is 0 Å². The number of carbonyl (C=O) groups excluding carboxylic acids is 3.